The van der Waals surface area contributed by atoms with Gasteiger partial charge in [-0.3, -0.25) is 4.79 Å². The van der Waals surface area contributed by atoms with Crippen molar-refractivity contribution in [1.29, 1.82) is 0 Å². The minimum absolute atomic E-state index is 0.0112. The number of fused-ring (bicyclic) bond motifs is 2. The Hall–Kier alpha value is -6.96. The van der Waals surface area contributed by atoms with E-state index in [0.717, 1.165) is 18.2 Å². The third-order valence-electron chi connectivity index (χ3n) is 7.16. The van der Waals surface area contributed by atoms with Crippen LogP contribution in [0.1, 0.15) is 88.4 Å². The molecule has 48 heavy (non-hydrogen) atoms. The van der Waals surface area contributed by atoms with E-state index in [1.54, 1.807) is 12.1 Å². The van der Waals surface area contributed by atoms with Gasteiger partial charge in [0.15, 0.2) is 0 Å². The number of amides is 1. The molecule has 0 saturated heterocycles. The number of carbonyl (C=O) groups is 8. The van der Waals surface area contributed by atoms with Gasteiger partial charge in [-0.2, -0.15) is 0 Å². The lowest BCUT2D eigenvalue weighted by molar-refractivity contribution is 0.0425. The summed E-state index contributed by atoms with van der Waals surface area (Å²) in [5.74, 6) is -7.31. The van der Waals surface area contributed by atoms with Crippen LogP contribution >= 0.6 is 0 Å². The quantitative estimate of drug-likeness (QED) is 0.126. The number of benzene rings is 4. The molecule has 0 spiro atoms. The van der Waals surface area contributed by atoms with E-state index in [-0.39, 0.29) is 63.0 Å². The number of hydrogen-bond donors (Lipinski definition) is 1. The number of hydrogen-bond acceptors (Lipinski definition) is 13. The summed E-state index contributed by atoms with van der Waals surface area (Å²) >= 11 is 0. The normalized spacial score (nSPS) is 12.8. The number of rotatable bonds is 8. The van der Waals surface area contributed by atoms with E-state index < -0.39 is 41.8 Å². The standard InChI is InChI=1S/C34H19NO13/c1-35-27(36)17-4-2-16(3-5-17)15-44-30(39)25-14-20(45-28(37)18-6-9-21-23(12-18)33(42)47-31(21)40)8-11-26(25)46-29(38)19-7-10-22-24(13-19)34(43)48-32(22)41/h2-14H,15H2,1H3,(H,35,36). The van der Waals surface area contributed by atoms with Crippen molar-refractivity contribution in [1.82, 2.24) is 5.32 Å². The molecular formula is C34H19NO13. The van der Waals surface area contributed by atoms with Crippen molar-refractivity contribution < 1.29 is 62.0 Å². The summed E-state index contributed by atoms with van der Waals surface area (Å²) in [7, 11) is 1.48. The van der Waals surface area contributed by atoms with Gasteiger partial charge in [-0.1, -0.05) is 12.1 Å². The highest BCUT2D eigenvalue weighted by atomic mass is 16.6. The fourth-order valence-electron chi connectivity index (χ4n) is 4.69. The number of esters is 7. The third kappa shape index (κ3) is 6.00. The van der Waals surface area contributed by atoms with Crippen LogP contribution in [-0.4, -0.2) is 54.7 Å². The molecule has 0 fully saturated rings. The highest BCUT2D eigenvalue weighted by Crippen LogP contribution is 2.29. The first-order valence-electron chi connectivity index (χ1n) is 13.9. The summed E-state index contributed by atoms with van der Waals surface area (Å²) in [5, 5.41) is 2.49. The maximum absolute atomic E-state index is 13.3. The molecule has 0 aliphatic carbocycles. The number of cyclic esters (lactones) is 4. The molecule has 4 aromatic carbocycles. The molecule has 0 atom stereocenters. The molecule has 0 saturated carbocycles. The molecule has 238 valence electrons. The van der Waals surface area contributed by atoms with E-state index in [0.29, 0.717) is 11.1 Å². The maximum Gasteiger partial charge on any atom is 0.346 e. The Kier molecular flexibility index (Phi) is 8.04. The molecule has 0 bridgehead atoms. The van der Waals surface area contributed by atoms with Gasteiger partial charge in [0.05, 0.1) is 33.4 Å². The monoisotopic (exact) mass is 649 g/mol. The van der Waals surface area contributed by atoms with Crippen LogP contribution in [0, 0.1) is 0 Å². The average molecular weight is 650 g/mol. The molecule has 14 nitrogen and oxygen atoms in total. The van der Waals surface area contributed by atoms with Crippen molar-refractivity contribution in [3.05, 3.63) is 129 Å². The molecule has 2 aliphatic heterocycles. The van der Waals surface area contributed by atoms with Gasteiger partial charge in [0.25, 0.3) is 5.91 Å². The zero-order valence-electron chi connectivity index (χ0n) is 24.5. The summed E-state index contributed by atoms with van der Waals surface area (Å²) < 4.78 is 25.3. The third-order valence-corrected chi connectivity index (χ3v) is 7.16. The van der Waals surface area contributed by atoms with E-state index in [9.17, 15) is 38.4 Å². The van der Waals surface area contributed by atoms with Gasteiger partial charge < -0.3 is 29.0 Å². The lowest BCUT2D eigenvalue weighted by atomic mass is 10.1. The van der Waals surface area contributed by atoms with Crippen LogP contribution in [0.15, 0.2) is 78.9 Å². The molecule has 2 aliphatic rings. The molecular weight excluding hydrogens is 630 g/mol. The second-order valence-electron chi connectivity index (χ2n) is 10.2. The van der Waals surface area contributed by atoms with Gasteiger partial charge in [0.1, 0.15) is 23.7 Å². The zero-order chi connectivity index (χ0) is 34.1. The van der Waals surface area contributed by atoms with Crippen LogP contribution in [0.3, 0.4) is 0 Å². The summed E-state index contributed by atoms with van der Waals surface area (Å²) in [6.45, 7) is -0.255. The molecule has 14 heteroatoms. The van der Waals surface area contributed by atoms with Crippen molar-refractivity contribution in [2.75, 3.05) is 7.05 Å². The minimum atomic E-state index is -1.01. The van der Waals surface area contributed by atoms with Gasteiger partial charge in [-0.15, -0.1) is 0 Å². The Morgan fingerprint density at radius 2 is 1.10 bits per heavy atom. The van der Waals surface area contributed by atoms with Crippen molar-refractivity contribution in [3.63, 3.8) is 0 Å². The van der Waals surface area contributed by atoms with Gasteiger partial charge in [-0.25, -0.2) is 33.6 Å². The molecule has 0 aromatic heterocycles. The lowest BCUT2D eigenvalue weighted by Crippen LogP contribution is -2.17. The molecule has 0 radical (unpaired) electrons. The Morgan fingerprint density at radius 1 is 0.583 bits per heavy atom. The maximum atomic E-state index is 13.3. The molecule has 0 unspecified atom stereocenters. The van der Waals surface area contributed by atoms with Crippen LogP contribution in [0.5, 0.6) is 11.5 Å². The van der Waals surface area contributed by atoms with Crippen LogP contribution in [0.2, 0.25) is 0 Å². The van der Waals surface area contributed by atoms with Crippen molar-refractivity contribution in [2.24, 2.45) is 0 Å². The predicted molar refractivity (Wildman–Crippen MR) is 158 cm³/mol. The molecule has 6 rings (SSSR count). The van der Waals surface area contributed by atoms with Gasteiger partial charge in [0.2, 0.25) is 0 Å². The molecule has 1 amide bonds. The Labute approximate surface area is 269 Å². The number of ether oxygens (including phenoxy) is 5. The molecule has 2 heterocycles. The van der Waals surface area contributed by atoms with Crippen molar-refractivity contribution in [2.45, 2.75) is 6.61 Å². The first kappa shape index (κ1) is 31.0. The van der Waals surface area contributed by atoms with Crippen molar-refractivity contribution in [3.8, 4) is 11.5 Å². The fourth-order valence-corrected chi connectivity index (χ4v) is 4.69. The predicted octanol–water partition coefficient (Wildman–Crippen LogP) is 3.46. The summed E-state index contributed by atoms with van der Waals surface area (Å²) in [5.41, 5.74) is 0.0302. The first-order chi connectivity index (χ1) is 23.0. The van der Waals surface area contributed by atoms with E-state index in [1.807, 2.05) is 0 Å². The molecule has 4 aromatic rings. The largest absolute Gasteiger partial charge is 0.457 e. The summed E-state index contributed by atoms with van der Waals surface area (Å²) in [4.78, 5) is 98.5. The summed E-state index contributed by atoms with van der Waals surface area (Å²) in [6.07, 6.45) is 0. The highest BCUT2D eigenvalue weighted by molar-refractivity contribution is 6.16. The number of nitrogens with one attached hydrogen (secondary N) is 1. The van der Waals surface area contributed by atoms with Crippen LogP contribution < -0.4 is 14.8 Å². The van der Waals surface area contributed by atoms with Gasteiger partial charge in [0, 0.05) is 12.6 Å². The smallest absolute Gasteiger partial charge is 0.346 e. The topological polar surface area (TPSA) is 195 Å². The Bertz CT molecular complexity index is 2110. The van der Waals surface area contributed by atoms with Gasteiger partial charge in [-0.05, 0) is 72.3 Å². The zero-order valence-corrected chi connectivity index (χ0v) is 24.5. The highest BCUT2D eigenvalue weighted by Gasteiger charge is 2.32. The van der Waals surface area contributed by atoms with Gasteiger partial charge >= 0.3 is 41.8 Å². The summed E-state index contributed by atoms with van der Waals surface area (Å²) in [6, 6.07) is 16.9. The van der Waals surface area contributed by atoms with E-state index in [2.05, 4.69) is 14.8 Å². The fraction of sp³-hybridized carbons (Fsp3) is 0.0588. The number of carbonyl (C=O) groups excluding carboxylic acids is 8. The SMILES string of the molecule is CNC(=O)c1ccc(COC(=O)c2cc(OC(=O)c3ccc4c(c3)C(=O)OC4=O)ccc2OC(=O)c2ccc3c(c2)C(=O)OC3=O)cc1. The second kappa shape index (κ2) is 12.4. The minimum Gasteiger partial charge on any atom is -0.457 e. The molecule has 1 N–H and O–H groups in total. The van der Waals surface area contributed by atoms with E-state index >= 15 is 0 Å². The lowest BCUT2D eigenvalue weighted by Gasteiger charge is -2.13. The second-order valence-corrected chi connectivity index (χ2v) is 10.2. The van der Waals surface area contributed by atoms with Crippen molar-refractivity contribution >= 4 is 47.7 Å². The van der Waals surface area contributed by atoms with E-state index in [4.69, 9.17) is 14.2 Å². The van der Waals surface area contributed by atoms with Crippen LogP contribution in [0.25, 0.3) is 0 Å². The Morgan fingerprint density at radius 3 is 1.67 bits per heavy atom. The van der Waals surface area contributed by atoms with E-state index in [1.165, 1.54) is 55.6 Å². The van der Waals surface area contributed by atoms with Crippen LogP contribution in [-0.2, 0) is 20.8 Å². The average Bonchev–Trinajstić information content (AvgIpc) is 3.55. The first-order valence-corrected chi connectivity index (χ1v) is 13.9. The Balaban J connectivity index is 1.25. The van der Waals surface area contributed by atoms with Crippen LogP contribution in [0.4, 0.5) is 0 Å².